The van der Waals surface area contributed by atoms with E-state index in [-0.39, 0.29) is 11.5 Å². The summed E-state index contributed by atoms with van der Waals surface area (Å²) in [5, 5.41) is 0. The van der Waals surface area contributed by atoms with Gasteiger partial charge in [-0.2, -0.15) is 0 Å². The van der Waals surface area contributed by atoms with Crippen molar-refractivity contribution in [2.24, 2.45) is 0 Å². The van der Waals surface area contributed by atoms with Crippen molar-refractivity contribution in [1.29, 1.82) is 0 Å². The number of allylic oxidation sites excluding steroid dienone is 1. The molecular weight excluding hydrogens is 442 g/mol. The largest absolute Gasteiger partial charge is 0.482 e. The summed E-state index contributed by atoms with van der Waals surface area (Å²) >= 11 is 0. The van der Waals surface area contributed by atoms with Crippen LogP contribution in [-0.2, 0) is 0 Å². The van der Waals surface area contributed by atoms with Crippen LogP contribution in [0.5, 0.6) is 11.5 Å². The molecule has 2 aromatic carbocycles. The molecule has 0 spiro atoms. The Morgan fingerprint density at radius 2 is 1.77 bits per heavy atom. The Kier molecular flexibility index (Phi) is 6.92. The van der Waals surface area contributed by atoms with E-state index >= 15 is 0 Å². The Labute approximate surface area is 205 Å². The molecule has 0 N–H and O–H groups in total. The van der Waals surface area contributed by atoms with Gasteiger partial charge in [0.2, 0.25) is 5.76 Å². The molecule has 0 fully saturated rings. The third-order valence-corrected chi connectivity index (χ3v) is 5.81. The number of carbonyl (C=O) groups is 2. The zero-order valence-corrected chi connectivity index (χ0v) is 20.4. The molecule has 0 aliphatic carbocycles. The average Bonchev–Trinajstić information content (AvgIpc) is 3.39. The van der Waals surface area contributed by atoms with Crippen molar-refractivity contribution in [3.63, 3.8) is 0 Å². The number of fused-ring (bicyclic) bond motifs is 1. The molecular formula is C29H29NO5. The van der Waals surface area contributed by atoms with Crippen molar-refractivity contribution in [2.45, 2.75) is 33.3 Å². The fourth-order valence-electron chi connectivity index (χ4n) is 3.90. The summed E-state index contributed by atoms with van der Waals surface area (Å²) in [5.74, 6) is -0.0593. The highest BCUT2D eigenvalue weighted by Crippen LogP contribution is 2.40. The number of rotatable bonds is 8. The van der Waals surface area contributed by atoms with Crippen LogP contribution in [0.3, 0.4) is 0 Å². The smallest absolute Gasteiger partial charge is 0.379 e. The summed E-state index contributed by atoms with van der Waals surface area (Å²) in [5.41, 5.74) is 2.39. The summed E-state index contributed by atoms with van der Waals surface area (Å²) in [4.78, 5) is 27.8. The van der Waals surface area contributed by atoms with Crippen LogP contribution < -0.4 is 14.4 Å². The molecule has 0 unspecified atom stereocenters. The number of esters is 1. The quantitative estimate of drug-likeness (QED) is 0.163. The van der Waals surface area contributed by atoms with E-state index in [1.807, 2.05) is 38.1 Å². The van der Waals surface area contributed by atoms with Crippen molar-refractivity contribution in [2.75, 3.05) is 18.0 Å². The van der Waals surface area contributed by atoms with Gasteiger partial charge in [-0.25, -0.2) is 4.79 Å². The molecule has 3 aromatic rings. The van der Waals surface area contributed by atoms with E-state index in [4.69, 9.17) is 13.9 Å². The van der Waals surface area contributed by atoms with Crippen LogP contribution in [0.1, 0.15) is 59.7 Å². The first-order valence-electron chi connectivity index (χ1n) is 11.7. The lowest BCUT2D eigenvalue weighted by molar-refractivity contribution is 0.0699. The molecule has 0 bridgehead atoms. The molecule has 2 heterocycles. The maximum absolute atomic E-state index is 13.2. The molecule has 35 heavy (non-hydrogen) atoms. The number of benzene rings is 2. The summed E-state index contributed by atoms with van der Waals surface area (Å²) in [7, 11) is 0. The minimum absolute atomic E-state index is 0.0925. The van der Waals surface area contributed by atoms with Crippen molar-refractivity contribution >= 4 is 29.6 Å². The van der Waals surface area contributed by atoms with Gasteiger partial charge in [0, 0.05) is 18.8 Å². The summed E-state index contributed by atoms with van der Waals surface area (Å²) in [6.45, 7) is 9.92. The molecule has 0 radical (unpaired) electrons. The minimum atomic E-state index is -0.623. The summed E-state index contributed by atoms with van der Waals surface area (Å²) in [6.07, 6.45) is 8.40. The van der Waals surface area contributed by atoms with Gasteiger partial charge in [-0.05, 0) is 87.9 Å². The van der Waals surface area contributed by atoms with E-state index in [0.29, 0.717) is 22.6 Å². The van der Waals surface area contributed by atoms with Crippen molar-refractivity contribution < 1.29 is 23.5 Å². The maximum atomic E-state index is 13.2. The standard InChI is InChI=1S/C29H29NO5/c1-5-30(6-2)21-12-9-20(10-13-21)11-15-24(31)22-14-16-25(34-28(32)26-8-7-19-33-26)23-17-18-29(3,4)35-27(22)23/h7-19H,5-6H2,1-4H3. The van der Waals surface area contributed by atoms with Gasteiger partial charge in [-0.15, -0.1) is 0 Å². The van der Waals surface area contributed by atoms with E-state index in [2.05, 4.69) is 30.9 Å². The van der Waals surface area contributed by atoms with Gasteiger partial charge in [0.05, 0.1) is 17.4 Å². The highest BCUT2D eigenvalue weighted by atomic mass is 16.5. The van der Waals surface area contributed by atoms with Crippen LogP contribution in [0, 0.1) is 0 Å². The van der Waals surface area contributed by atoms with Gasteiger partial charge in [0.15, 0.2) is 5.78 Å². The molecule has 180 valence electrons. The minimum Gasteiger partial charge on any atom is -0.482 e. The number of hydrogen-bond acceptors (Lipinski definition) is 6. The Bertz CT molecular complexity index is 1260. The fourth-order valence-corrected chi connectivity index (χ4v) is 3.90. The lowest BCUT2D eigenvalue weighted by atomic mass is 9.97. The monoisotopic (exact) mass is 471 g/mol. The average molecular weight is 472 g/mol. The molecule has 4 rings (SSSR count). The molecule has 6 heteroatoms. The van der Waals surface area contributed by atoms with Gasteiger partial charge in [-0.3, -0.25) is 4.79 Å². The highest BCUT2D eigenvalue weighted by Gasteiger charge is 2.29. The normalized spacial score (nSPS) is 13.8. The van der Waals surface area contributed by atoms with Gasteiger partial charge in [0.25, 0.3) is 0 Å². The number of nitrogens with zero attached hydrogens (tertiary/aromatic N) is 1. The fraction of sp³-hybridized carbons (Fsp3) is 0.241. The third-order valence-electron chi connectivity index (χ3n) is 5.81. The highest BCUT2D eigenvalue weighted by molar-refractivity contribution is 6.09. The van der Waals surface area contributed by atoms with E-state index < -0.39 is 11.6 Å². The van der Waals surface area contributed by atoms with Crippen LogP contribution in [0.4, 0.5) is 5.69 Å². The van der Waals surface area contributed by atoms with Crippen LogP contribution >= 0.6 is 0 Å². The number of carbonyl (C=O) groups excluding carboxylic acids is 2. The number of hydrogen-bond donors (Lipinski definition) is 0. The topological polar surface area (TPSA) is 69.0 Å². The Morgan fingerprint density at radius 1 is 1.03 bits per heavy atom. The summed E-state index contributed by atoms with van der Waals surface area (Å²) < 4.78 is 16.8. The molecule has 1 aliphatic heterocycles. The summed E-state index contributed by atoms with van der Waals surface area (Å²) in [6, 6.07) is 14.5. The lowest BCUT2D eigenvalue weighted by Gasteiger charge is -2.29. The Morgan fingerprint density at radius 3 is 2.43 bits per heavy atom. The van der Waals surface area contributed by atoms with E-state index in [9.17, 15) is 9.59 Å². The predicted molar refractivity (Wildman–Crippen MR) is 137 cm³/mol. The van der Waals surface area contributed by atoms with Crippen LogP contribution in [-0.4, -0.2) is 30.4 Å². The first kappa shape index (κ1) is 24.1. The number of anilines is 1. The first-order valence-corrected chi connectivity index (χ1v) is 11.7. The third kappa shape index (κ3) is 5.38. The lowest BCUT2D eigenvalue weighted by Crippen LogP contribution is -2.29. The number of furan rings is 1. The first-order chi connectivity index (χ1) is 16.8. The zero-order valence-electron chi connectivity index (χ0n) is 20.4. The van der Waals surface area contributed by atoms with Gasteiger partial charge >= 0.3 is 5.97 Å². The second-order valence-electron chi connectivity index (χ2n) is 8.72. The predicted octanol–water partition coefficient (Wildman–Crippen LogP) is 6.43. The van der Waals surface area contributed by atoms with Gasteiger partial charge in [-0.1, -0.05) is 18.2 Å². The van der Waals surface area contributed by atoms with Gasteiger partial charge in [0.1, 0.15) is 17.1 Å². The van der Waals surface area contributed by atoms with E-state index in [0.717, 1.165) is 24.3 Å². The van der Waals surface area contributed by atoms with E-state index in [1.165, 1.54) is 18.4 Å². The second-order valence-corrected chi connectivity index (χ2v) is 8.72. The zero-order chi connectivity index (χ0) is 25.0. The Hall–Kier alpha value is -4.06. The van der Waals surface area contributed by atoms with Crippen molar-refractivity contribution in [3.8, 4) is 11.5 Å². The Balaban J connectivity index is 1.60. The van der Waals surface area contributed by atoms with Crippen LogP contribution in [0.25, 0.3) is 12.2 Å². The molecule has 0 saturated heterocycles. The molecule has 0 atom stereocenters. The van der Waals surface area contributed by atoms with Crippen LogP contribution in [0.15, 0.2) is 71.4 Å². The SMILES string of the molecule is CCN(CC)c1ccc(C=CC(=O)c2ccc(OC(=O)c3ccco3)c3c2OC(C)(C)C=C3)cc1. The molecule has 0 saturated carbocycles. The number of ether oxygens (including phenoxy) is 2. The molecule has 0 amide bonds. The molecule has 1 aliphatic rings. The number of ketones is 1. The van der Waals surface area contributed by atoms with Crippen molar-refractivity contribution in [1.82, 2.24) is 0 Å². The van der Waals surface area contributed by atoms with Gasteiger partial charge < -0.3 is 18.8 Å². The van der Waals surface area contributed by atoms with E-state index in [1.54, 1.807) is 24.3 Å². The molecule has 6 nitrogen and oxygen atoms in total. The van der Waals surface area contributed by atoms with Crippen LogP contribution in [0.2, 0.25) is 0 Å². The second kappa shape index (κ2) is 10.1. The maximum Gasteiger partial charge on any atom is 0.379 e. The van der Waals surface area contributed by atoms with Crippen molar-refractivity contribution in [3.05, 3.63) is 89.4 Å². The molecule has 1 aromatic heterocycles.